The van der Waals surface area contributed by atoms with E-state index < -0.39 is 6.04 Å². The van der Waals surface area contributed by atoms with E-state index in [0.29, 0.717) is 44.2 Å². The van der Waals surface area contributed by atoms with Gasteiger partial charge in [-0.15, -0.1) is 11.6 Å². The molecule has 1 unspecified atom stereocenters. The van der Waals surface area contributed by atoms with Crippen molar-refractivity contribution in [2.45, 2.75) is 26.8 Å². The highest BCUT2D eigenvalue weighted by molar-refractivity contribution is 6.29. The number of amides is 3. The number of ether oxygens (including phenoxy) is 1. The molecule has 0 aromatic carbocycles. The quantitative estimate of drug-likeness (QED) is 0.769. The molecule has 0 radical (unpaired) electrons. The molecule has 3 amide bonds. The highest BCUT2D eigenvalue weighted by Crippen LogP contribution is 2.18. The van der Waals surface area contributed by atoms with Crippen LogP contribution in [0.5, 0.6) is 0 Å². The number of halogens is 1. The van der Waals surface area contributed by atoms with Crippen molar-refractivity contribution in [3.05, 3.63) is 11.9 Å². The first-order valence-electron chi connectivity index (χ1n) is 8.49. The monoisotopic (exact) mass is 385 g/mol. The standard InChI is InChI=1S/C16H24ClN5O4/c1-4-26-16(25)21-7-5-20(6-8-21)15(24)12(3)22-10-13(11(2)19-22)18-14(23)9-17/h10,12H,4-9H2,1-3H3,(H,18,23). The first-order chi connectivity index (χ1) is 12.4. The molecule has 0 spiro atoms. The molecule has 9 nitrogen and oxygen atoms in total. The van der Waals surface area contributed by atoms with Gasteiger partial charge in [-0.1, -0.05) is 0 Å². The first-order valence-corrected chi connectivity index (χ1v) is 9.02. The molecule has 1 aromatic rings. The van der Waals surface area contributed by atoms with Gasteiger partial charge in [-0.3, -0.25) is 14.3 Å². The molecule has 1 fully saturated rings. The fourth-order valence-corrected chi connectivity index (χ4v) is 2.75. The van der Waals surface area contributed by atoms with Crippen molar-refractivity contribution in [3.63, 3.8) is 0 Å². The van der Waals surface area contributed by atoms with Gasteiger partial charge in [0.05, 0.1) is 18.0 Å². The summed E-state index contributed by atoms with van der Waals surface area (Å²) in [6.45, 7) is 7.34. The minimum Gasteiger partial charge on any atom is -0.450 e. The normalized spacial score (nSPS) is 15.5. The summed E-state index contributed by atoms with van der Waals surface area (Å²) in [6, 6.07) is -0.524. The number of hydrogen-bond donors (Lipinski definition) is 1. The third kappa shape index (κ3) is 4.66. The van der Waals surface area contributed by atoms with Gasteiger partial charge in [-0.05, 0) is 20.8 Å². The van der Waals surface area contributed by atoms with Crippen LogP contribution >= 0.6 is 11.6 Å². The number of alkyl halides is 1. The molecule has 0 saturated carbocycles. The summed E-state index contributed by atoms with van der Waals surface area (Å²) in [5, 5.41) is 6.95. The van der Waals surface area contributed by atoms with Crippen molar-refractivity contribution in [2.24, 2.45) is 0 Å². The topological polar surface area (TPSA) is 96.8 Å². The molecule has 2 rings (SSSR count). The Bertz CT molecular complexity index is 670. The maximum atomic E-state index is 12.7. The summed E-state index contributed by atoms with van der Waals surface area (Å²) in [4.78, 5) is 39.2. The second kappa shape index (κ2) is 8.88. The Balaban J connectivity index is 1.97. The third-order valence-corrected chi connectivity index (χ3v) is 4.43. The molecular weight excluding hydrogens is 362 g/mol. The van der Waals surface area contributed by atoms with E-state index in [-0.39, 0.29) is 23.8 Å². The van der Waals surface area contributed by atoms with E-state index in [1.54, 1.807) is 36.8 Å². The summed E-state index contributed by atoms with van der Waals surface area (Å²) in [6.07, 6.45) is 1.27. The number of aromatic nitrogens is 2. The van der Waals surface area contributed by atoms with Crippen LogP contribution in [0, 0.1) is 6.92 Å². The average molecular weight is 386 g/mol. The molecular formula is C16H24ClN5O4. The Hall–Kier alpha value is -2.29. The minimum absolute atomic E-state index is 0.0915. The van der Waals surface area contributed by atoms with Crippen molar-refractivity contribution in [1.82, 2.24) is 19.6 Å². The molecule has 1 aromatic heterocycles. The summed E-state index contributed by atoms with van der Waals surface area (Å²) in [7, 11) is 0. The van der Waals surface area contributed by atoms with E-state index in [1.807, 2.05) is 0 Å². The van der Waals surface area contributed by atoms with Crippen LogP contribution in [0.4, 0.5) is 10.5 Å². The second-order valence-electron chi connectivity index (χ2n) is 5.98. The zero-order valence-corrected chi connectivity index (χ0v) is 16.0. The van der Waals surface area contributed by atoms with Crippen LogP contribution in [-0.4, -0.2) is 76.2 Å². The van der Waals surface area contributed by atoms with E-state index in [4.69, 9.17) is 16.3 Å². The number of carbonyl (C=O) groups excluding carboxylic acids is 3. The molecule has 26 heavy (non-hydrogen) atoms. The van der Waals surface area contributed by atoms with Crippen LogP contribution in [0.15, 0.2) is 6.20 Å². The van der Waals surface area contributed by atoms with Crippen LogP contribution in [-0.2, 0) is 14.3 Å². The molecule has 1 aliphatic heterocycles. The Morgan fingerprint density at radius 1 is 1.27 bits per heavy atom. The maximum Gasteiger partial charge on any atom is 0.409 e. The molecule has 1 aliphatic rings. The third-order valence-electron chi connectivity index (χ3n) is 4.18. The number of nitrogens with one attached hydrogen (secondary N) is 1. The van der Waals surface area contributed by atoms with Crippen LogP contribution in [0.2, 0.25) is 0 Å². The van der Waals surface area contributed by atoms with E-state index in [0.717, 1.165) is 0 Å². The van der Waals surface area contributed by atoms with E-state index in [9.17, 15) is 14.4 Å². The van der Waals surface area contributed by atoms with Crippen molar-refractivity contribution < 1.29 is 19.1 Å². The zero-order chi connectivity index (χ0) is 19.3. The van der Waals surface area contributed by atoms with Crippen LogP contribution in [0.25, 0.3) is 0 Å². The van der Waals surface area contributed by atoms with E-state index >= 15 is 0 Å². The molecule has 0 bridgehead atoms. The van der Waals surface area contributed by atoms with Crippen LogP contribution < -0.4 is 5.32 Å². The van der Waals surface area contributed by atoms with Gasteiger partial charge in [0.2, 0.25) is 11.8 Å². The zero-order valence-electron chi connectivity index (χ0n) is 15.2. The van der Waals surface area contributed by atoms with Gasteiger partial charge in [0.25, 0.3) is 0 Å². The Morgan fingerprint density at radius 2 is 1.88 bits per heavy atom. The van der Waals surface area contributed by atoms with Crippen LogP contribution in [0.1, 0.15) is 25.6 Å². The lowest BCUT2D eigenvalue weighted by Crippen LogP contribution is -2.52. The van der Waals surface area contributed by atoms with Gasteiger partial charge < -0.3 is 19.9 Å². The van der Waals surface area contributed by atoms with Gasteiger partial charge in [0.1, 0.15) is 11.9 Å². The number of piperazine rings is 1. The van der Waals surface area contributed by atoms with E-state index in [1.165, 1.54) is 4.68 Å². The number of nitrogens with zero attached hydrogens (tertiary/aromatic N) is 4. The molecule has 1 N–H and O–H groups in total. The van der Waals surface area contributed by atoms with Crippen molar-refractivity contribution in [1.29, 1.82) is 0 Å². The predicted octanol–water partition coefficient (Wildman–Crippen LogP) is 1.23. The SMILES string of the molecule is CCOC(=O)N1CCN(C(=O)C(C)n2cc(NC(=O)CCl)c(C)n2)CC1. The fourth-order valence-electron chi connectivity index (χ4n) is 2.69. The maximum absolute atomic E-state index is 12.7. The number of hydrogen-bond acceptors (Lipinski definition) is 5. The average Bonchev–Trinajstić information content (AvgIpc) is 3.01. The molecule has 10 heteroatoms. The number of rotatable bonds is 5. The summed E-state index contributed by atoms with van der Waals surface area (Å²) >= 11 is 5.49. The number of anilines is 1. The summed E-state index contributed by atoms with van der Waals surface area (Å²) in [5.41, 5.74) is 1.14. The number of carbonyl (C=O) groups is 3. The molecule has 2 heterocycles. The molecule has 144 valence electrons. The smallest absolute Gasteiger partial charge is 0.409 e. The van der Waals surface area contributed by atoms with Gasteiger partial charge in [0.15, 0.2) is 0 Å². The first kappa shape index (κ1) is 20.0. The molecule has 1 saturated heterocycles. The molecule has 1 atom stereocenters. The van der Waals surface area contributed by atoms with Gasteiger partial charge in [0, 0.05) is 32.4 Å². The largest absolute Gasteiger partial charge is 0.450 e. The molecule has 0 aliphatic carbocycles. The van der Waals surface area contributed by atoms with Gasteiger partial charge >= 0.3 is 6.09 Å². The Labute approximate surface area is 157 Å². The summed E-state index contributed by atoms with van der Waals surface area (Å²) in [5.74, 6) is -0.571. The second-order valence-corrected chi connectivity index (χ2v) is 6.24. The van der Waals surface area contributed by atoms with Crippen molar-refractivity contribution in [3.8, 4) is 0 Å². The van der Waals surface area contributed by atoms with Crippen molar-refractivity contribution in [2.75, 3.05) is 44.0 Å². The van der Waals surface area contributed by atoms with Crippen LogP contribution in [0.3, 0.4) is 0 Å². The highest BCUT2D eigenvalue weighted by Gasteiger charge is 2.28. The number of aryl methyl sites for hydroxylation is 1. The lowest BCUT2D eigenvalue weighted by molar-refractivity contribution is -0.136. The van der Waals surface area contributed by atoms with Gasteiger partial charge in [-0.2, -0.15) is 5.10 Å². The Kier molecular flexibility index (Phi) is 6.84. The van der Waals surface area contributed by atoms with E-state index in [2.05, 4.69) is 10.4 Å². The highest BCUT2D eigenvalue weighted by atomic mass is 35.5. The fraction of sp³-hybridized carbons (Fsp3) is 0.625. The lowest BCUT2D eigenvalue weighted by Gasteiger charge is -2.35. The minimum atomic E-state index is -0.524. The predicted molar refractivity (Wildman–Crippen MR) is 96.2 cm³/mol. The van der Waals surface area contributed by atoms with Crippen molar-refractivity contribution >= 4 is 35.2 Å². The van der Waals surface area contributed by atoms with Gasteiger partial charge in [-0.25, -0.2) is 4.79 Å². The summed E-state index contributed by atoms with van der Waals surface area (Å²) < 4.78 is 6.50. The lowest BCUT2D eigenvalue weighted by atomic mass is 10.2. The Morgan fingerprint density at radius 3 is 2.46 bits per heavy atom.